The largest absolute Gasteiger partial charge is 0.573 e. The fourth-order valence-electron chi connectivity index (χ4n) is 2.10. The Morgan fingerprint density at radius 2 is 1.92 bits per heavy atom. The summed E-state index contributed by atoms with van der Waals surface area (Å²) in [5, 5.41) is 20.8. The number of benzene rings is 2. The van der Waals surface area contributed by atoms with Gasteiger partial charge in [0.15, 0.2) is 0 Å². The summed E-state index contributed by atoms with van der Waals surface area (Å²) in [6, 6.07) is 14.5. The number of tetrazole rings is 1. The first-order chi connectivity index (χ1) is 12.4. The van der Waals surface area contributed by atoms with Gasteiger partial charge in [-0.25, -0.2) is 0 Å². The molecule has 0 fully saturated rings. The number of nitriles is 1. The molecule has 0 unspecified atom stereocenters. The fraction of sp³-hybridized carbons (Fsp3) is 0.125. The second-order valence-electron chi connectivity index (χ2n) is 5.02. The molecule has 3 rings (SSSR count). The molecular weight excluding hydrogens is 367 g/mol. The molecule has 0 aliphatic carbocycles. The number of hydrogen-bond acceptors (Lipinski definition) is 6. The van der Waals surface area contributed by atoms with Gasteiger partial charge in [0.2, 0.25) is 5.16 Å². The summed E-state index contributed by atoms with van der Waals surface area (Å²) < 4.78 is 41.9. The van der Waals surface area contributed by atoms with E-state index in [1.54, 1.807) is 18.2 Å². The van der Waals surface area contributed by atoms with E-state index in [1.807, 2.05) is 6.07 Å². The van der Waals surface area contributed by atoms with Crippen molar-refractivity contribution < 1.29 is 17.9 Å². The summed E-state index contributed by atoms with van der Waals surface area (Å²) in [4.78, 5) is 0. The fourth-order valence-corrected chi connectivity index (χ4v) is 2.93. The van der Waals surface area contributed by atoms with Crippen LogP contribution in [0.4, 0.5) is 13.2 Å². The molecule has 1 heterocycles. The van der Waals surface area contributed by atoms with Gasteiger partial charge in [0.1, 0.15) is 5.75 Å². The van der Waals surface area contributed by atoms with Crippen molar-refractivity contribution in [1.29, 1.82) is 5.26 Å². The highest BCUT2D eigenvalue weighted by atomic mass is 32.2. The van der Waals surface area contributed by atoms with Crippen LogP contribution in [0.25, 0.3) is 5.69 Å². The first-order valence-electron chi connectivity index (χ1n) is 7.21. The predicted octanol–water partition coefficient (Wildman–Crippen LogP) is 3.72. The highest BCUT2D eigenvalue weighted by Gasteiger charge is 2.31. The van der Waals surface area contributed by atoms with Crippen LogP contribution in [0.15, 0.2) is 53.7 Å². The first kappa shape index (κ1) is 17.8. The molecule has 6 nitrogen and oxygen atoms in total. The van der Waals surface area contributed by atoms with E-state index in [0.29, 0.717) is 22.2 Å². The van der Waals surface area contributed by atoms with E-state index >= 15 is 0 Å². The lowest BCUT2D eigenvalue weighted by molar-refractivity contribution is -0.274. The van der Waals surface area contributed by atoms with Crippen LogP contribution < -0.4 is 4.74 Å². The maximum Gasteiger partial charge on any atom is 0.573 e. The summed E-state index contributed by atoms with van der Waals surface area (Å²) in [5.74, 6) is 0.211. The summed E-state index contributed by atoms with van der Waals surface area (Å²) in [6.45, 7) is 0. The second-order valence-corrected chi connectivity index (χ2v) is 5.96. The molecule has 1 aromatic heterocycles. The van der Waals surface area contributed by atoms with Gasteiger partial charge in [0, 0.05) is 5.75 Å². The van der Waals surface area contributed by atoms with Crippen LogP contribution in [0, 0.1) is 11.3 Å². The maximum atomic E-state index is 12.2. The standard InChI is InChI=1S/C16H10F3N5OS/c17-16(18,19)25-14-6-4-13(5-7-14)24-15(21-22-23-24)26-10-12-3-1-2-11(8-12)9-20/h1-8H,10H2. The van der Waals surface area contributed by atoms with Crippen molar-refractivity contribution >= 4 is 11.8 Å². The minimum atomic E-state index is -4.74. The van der Waals surface area contributed by atoms with E-state index in [2.05, 4.69) is 26.3 Å². The predicted molar refractivity (Wildman–Crippen MR) is 86.6 cm³/mol. The van der Waals surface area contributed by atoms with Crippen LogP contribution in [0.5, 0.6) is 5.75 Å². The van der Waals surface area contributed by atoms with Crippen molar-refractivity contribution in [2.75, 3.05) is 0 Å². The molecule has 0 bridgehead atoms. The molecular formula is C16H10F3N5OS. The Hall–Kier alpha value is -3.06. The van der Waals surface area contributed by atoms with Gasteiger partial charge >= 0.3 is 6.36 Å². The third-order valence-corrected chi connectivity index (χ3v) is 4.17. The molecule has 0 saturated carbocycles. The van der Waals surface area contributed by atoms with Gasteiger partial charge in [-0.05, 0) is 52.4 Å². The average Bonchev–Trinajstić information content (AvgIpc) is 3.08. The molecule has 0 amide bonds. The first-order valence-corrected chi connectivity index (χ1v) is 8.19. The summed E-state index contributed by atoms with van der Waals surface area (Å²) in [7, 11) is 0. The Balaban J connectivity index is 1.73. The Morgan fingerprint density at radius 1 is 1.15 bits per heavy atom. The number of alkyl halides is 3. The van der Waals surface area contributed by atoms with Gasteiger partial charge in [0.25, 0.3) is 0 Å². The van der Waals surface area contributed by atoms with Gasteiger partial charge < -0.3 is 4.74 Å². The Kier molecular flexibility index (Phi) is 5.09. The smallest absolute Gasteiger partial charge is 0.406 e. The van der Waals surface area contributed by atoms with Crippen molar-refractivity contribution in [2.45, 2.75) is 17.3 Å². The van der Waals surface area contributed by atoms with Crippen molar-refractivity contribution in [1.82, 2.24) is 20.2 Å². The molecule has 2 aromatic carbocycles. The average molecular weight is 377 g/mol. The van der Waals surface area contributed by atoms with Crippen LogP contribution in [-0.4, -0.2) is 26.6 Å². The number of ether oxygens (including phenoxy) is 1. The Labute approximate surface area is 150 Å². The van der Waals surface area contributed by atoms with Gasteiger partial charge in [-0.2, -0.15) is 9.94 Å². The normalized spacial score (nSPS) is 11.2. The van der Waals surface area contributed by atoms with Crippen LogP contribution >= 0.6 is 11.8 Å². The topological polar surface area (TPSA) is 76.6 Å². The number of aromatic nitrogens is 4. The number of rotatable bonds is 5. The van der Waals surface area contributed by atoms with Crippen LogP contribution in [0.2, 0.25) is 0 Å². The van der Waals surface area contributed by atoms with E-state index < -0.39 is 6.36 Å². The number of nitrogens with zero attached hydrogens (tertiary/aromatic N) is 5. The number of hydrogen-bond donors (Lipinski definition) is 0. The third kappa shape index (κ3) is 4.52. The van der Waals surface area contributed by atoms with Crippen molar-refractivity contribution in [3.63, 3.8) is 0 Å². The molecule has 3 aromatic rings. The van der Waals surface area contributed by atoms with Gasteiger partial charge in [-0.3, -0.25) is 0 Å². The van der Waals surface area contributed by atoms with Crippen LogP contribution in [-0.2, 0) is 5.75 Å². The molecule has 10 heteroatoms. The molecule has 26 heavy (non-hydrogen) atoms. The van der Waals surface area contributed by atoms with E-state index in [9.17, 15) is 13.2 Å². The Morgan fingerprint density at radius 3 is 2.62 bits per heavy atom. The van der Waals surface area contributed by atoms with Gasteiger partial charge in [0.05, 0.1) is 17.3 Å². The van der Waals surface area contributed by atoms with E-state index in [4.69, 9.17) is 5.26 Å². The second kappa shape index (κ2) is 7.45. The number of halogens is 3. The highest BCUT2D eigenvalue weighted by Crippen LogP contribution is 2.26. The minimum absolute atomic E-state index is 0.322. The quantitative estimate of drug-likeness (QED) is 0.631. The van der Waals surface area contributed by atoms with E-state index in [1.165, 1.54) is 40.7 Å². The maximum absolute atomic E-state index is 12.2. The van der Waals surface area contributed by atoms with Crippen molar-refractivity contribution in [3.05, 3.63) is 59.7 Å². The lowest BCUT2D eigenvalue weighted by Crippen LogP contribution is -2.17. The molecule has 0 spiro atoms. The van der Waals surface area contributed by atoms with Crippen molar-refractivity contribution in [2.24, 2.45) is 0 Å². The molecule has 0 aliphatic heterocycles. The van der Waals surface area contributed by atoms with Crippen LogP contribution in [0.1, 0.15) is 11.1 Å². The van der Waals surface area contributed by atoms with Gasteiger partial charge in [-0.1, -0.05) is 23.9 Å². The summed E-state index contributed by atoms with van der Waals surface area (Å²) >= 11 is 1.34. The molecule has 0 atom stereocenters. The molecule has 0 aliphatic rings. The van der Waals surface area contributed by atoms with Crippen LogP contribution in [0.3, 0.4) is 0 Å². The monoisotopic (exact) mass is 377 g/mol. The molecule has 0 saturated heterocycles. The Bertz CT molecular complexity index is 934. The molecule has 0 N–H and O–H groups in total. The number of thioether (sulfide) groups is 1. The molecule has 132 valence electrons. The third-order valence-electron chi connectivity index (χ3n) is 3.18. The molecule has 0 radical (unpaired) electrons. The lowest BCUT2D eigenvalue weighted by atomic mass is 10.2. The van der Waals surface area contributed by atoms with E-state index in [0.717, 1.165) is 5.56 Å². The zero-order valence-corrected chi connectivity index (χ0v) is 13.8. The minimum Gasteiger partial charge on any atom is -0.406 e. The van der Waals surface area contributed by atoms with Crippen molar-refractivity contribution in [3.8, 4) is 17.5 Å². The SMILES string of the molecule is N#Cc1cccc(CSc2nnnn2-c2ccc(OC(F)(F)F)cc2)c1. The highest BCUT2D eigenvalue weighted by molar-refractivity contribution is 7.98. The zero-order valence-electron chi connectivity index (χ0n) is 13.0. The summed E-state index contributed by atoms with van der Waals surface area (Å²) in [5.41, 5.74) is 1.98. The van der Waals surface area contributed by atoms with Gasteiger partial charge in [-0.15, -0.1) is 18.3 Å². The summed E-state index contributed by atoms with van der Waals surface area (Å²) in [6.07, 6.45) is -4.74. The zero-order chi connectivity index (χ0) is 18.6. The van der Waals surface area contributed by atoms with E-state index in [-0.39, 0.29) is 5.75 Å². The lowest BCUT2D eigenvalue weighted by Gasteiger charge is -2.09.